The van der Waals surface area contributed by atoms with Gasteiger partial charge in [0.05, 0.1) is 0 Å². The second kappa shape index (κ2) is 4.78. The van der Waals surface area contributed by atoms with Crippen LogP contribution < -0.4 is 0 Å². The lowest BCUT2D eigenvalue weighted by atomic mass is 9.71. The molecule has 0 saturated heterocycles. The first-order valence-electron chi connectivity index (χ1n) is 9.73. The van der Waals surface area contributed by atoms with Crippen LogP contribution in [-0.2, 0) is 16.2 Å². The number of rotatable bonds is 0. The number of hydrogen-bond donors (Lipinski definition) is 0. The molecule has 0 fully saturated rings. The molecule has 2 aromatic carbocycles. The van der Waals surface area contributed by atoms with Crippen LogP contribution in [0.1, 0.15) is 85.0 Å². The van der Waals surface area contributed by atoms with Crippen LogP contribution in [0.3, 0.4) is 0 Å². The summed E-state index contributed by atoms with van der Waals surface area (Å²) >= 11 is 0. The van der Waals surface area contributed by atoms with Crippen LogP contribution in [0.5, 0.6) is 0 Å². The third kappa shape index (κ3) is 2.06. The molecule has 0 heterocycles. The quantitative estimate of drug-likeness (QED) is 0.512. The summed E-state index contributed by atoms with van der Waals surface area (Å²) in [7, 11) is 0. The third-order valence-electron chi connectivity index (χ3n) is 7.14. The molecule has 0 aliphatic heterocycles. The Balaban J connectivity index is 2.11. The van der Waals surface area contributed by atoms with Gasteiger partial charge in [-0.25, -0.2) is 0 Å². The lowest BCUT2D eigenvalue weighted by Gasteiger charge is -2.31. The number of hydrogen-bond acceptors (Lipinski definition) is 0. The maximum atomic E-state index is 2.52. The van der Waals surface area contributed by atoms with Gasteiger partial charge in [-0.2, -0.15) is 0 Å². The van der Waals surface area contributed by atoms with Crippen molar-refractivity contribution >= 4 is 0 Å². The predicted octanol–water partition coefficient (Wildman–Crippen LogP) is 6.57. The van der Waals surface area contributed by atoms with Gasteiger partial charge in [0.2, 0.25) is 0 Å². The van der Waals surface area contributed by atoms with E-state index in [9.17, 15) is 0 Å². The number of aryl methyl sites for hydroxylation is 4. The predicted molar refractivity (Wildman–Crippen MR) is 108 cm³/mol. The van der Waals surface area contributed by atoms with Crippen LogP contribution in [0.4, 0.5) is 0 Å². The van der Waals surface area contributed by atoms with Gasteiger partial charge in [0.1, 0.15) is 0 Å². The first-order chi connectivity index (χ1) is 11.5. The van der Waals surface area contributed by atoms with Crippen molar-refractivity contribution in [2.45, 2.75) is 84.5 Å². The molecule has 2 aliphatic rings. The first kappa shape index (κ1) is 16.9. The van der Waals surface area contributed by atoms with Gasteiger partial charge in [-0.05, 0) is 95.9 Å². The minimum atomic E-state index is 0.187. The van der Waals surface area contributed by atoms with Crippen molar-refractivity contribution in [1.29, 1.82) is 0 Å². The van der Waals surface area contributed by atoms with Crippen molar-refractivity contribution in [2.24, 2.45) is 0 Å². The average molecular weight is 333 g/mol. The highest BCUT2D eigenvalue weighted by Gasteiger charge is 2.57. The molecule has 0 bridgehead atoms. The van der Waals surface area contributed by atoms with E-state index in [1.165, 1.54) is 35.1 Å². The Morgan fingerprint density at radius 2 is 1.08 bits per heavy atom. The van der Waals surface area contributed by atoms with Crippen LogP contribution in [0.25, 0.3) is 0 Å². The van der Waals surface area contributed by atoms with Crippen LogP contribution in [0, 0.1) is 27.7 Å². The van der Waals surface area contributed by atoms with Gasteiger partial charge in [0.25, 0.3) is 0 Å². The molecular formula is C25H32. The van der Waals surface area contributed by atoms with Crippen molar-refractivity contribution < 1.29 is 0 Å². The molecule has 1 unspecified atom stereocenters. The summed E-state index contributed by atoms with van der Waals surface area (Å²) in [5.74, 6) is 0. The maximum Gasteiger partial charge on any atom is 0.0228 e. The smallest absolute Gasteiger partial charge is 0.0228 e. The molecule has 0 radical (unpaired) electrons. The van der Waals surface area contributed by atoms with Gasteiger partial charge < -0.3 is 0 Å². The maximum absolute atomic E-state index is 2.52. The SMILES string of the molecule is Cc1cc2c(cc1C)C1(CC2(C)C)CC(C)(C)c2c(C)ccc(C)c21. The van der Waals surface area contributed by atoms with E-state index in [0.29, 0.717) is 0 Å². The fourth-order valence-corrected chi connectivity index (χ4v) is 6.33. The highest BCUT2D eigenvalue weighted by Crippen LogP contribution is 2.64. The van der Waals surface area contributed by atoms with Gasteiger partial charge in [-0.1, -0.05) is 52.0 Å². The summed E-state index contributed by atoms with van der Waals surface area (Å²) in [5.41, 5.74) is 12.9. The lowest BCUT2D eigenvalue weighted by Crippen LogP contribution is -2.27. The lowest BCUT2D eigenvalue weighted by molar-refractivity contribution is 0.349. The van der Waals surface area contributed by atoms with E-state index in [1.54, 1.807) is 22.3 Å². The second-order valence-electron chi connectivity index (χ2n) is 10.1. The molecule has 0 saturated carbocycles. The van der Waals surface area contributed by atoms with E-state index in [4.69, 9.17) is 0 Å². The zero-order chi connectivity index (χ0) is 18.4. The zero-order valence-electron chi connectivity index (χ0n) is 17.2. The monoisotopic (exact) mass is 332 g/mol. The molecule has 0 aromatic heterocycles. The molecule has 0 amide bonds. The standard InChI is InChI=1S/C25H32/c1-15-9-10-16(2)22-21(15)24(7,8)14-25(22)13-23(5,6)19-11-17(3)18(4)12-20(19)25/h9-12H,13-14H2,1-8H3. The summed E-state index contributed by atoms with van der Waals surface area (Å²) in [5, 5.41) is 0. The van der Waals surface area contributed by atoms with Gasteiger partial charge in [-0.15, -0.1) is 0 Å². The average Bonchev–Trinajstić information content (AvgIpc) is 2.85. The zero-order valence-corrected chi connectivity index (χ0v) is 17.2. The minimum Gasteiger partial charge on any atom is -0.0587 e. The Morgan fingerprint density at radius 3 is 1.68 bits per heavy atom. The molecule has 2 aromatic rings. The molecule has 0 heteroatoms. The fraction of sp³-hybridized carbons (Fsp3) is 0.520. The van der Waals surface area contributed by atoms with Crippen molar-refractivity contribution in [3.63, 3.8) is 0 Å². The molecule has 1 atom stereocenters. The summed E-state index contributed by atoms with van der Waals surface area (Å²) in [6, 6.07) is 9.68. The largest absolute Gasteiger partial charge is 0.0587 e. The summed E-state index contributed by atoms with van der Waals surface area (Å²) in [4.78, 5) is 0. The molecule has 4 rings (SSSR count). The second-order valence-corrected chi connectivity index (χ2v) is 10.1. The van der Waals surface area contributed by atoms with Crippen molar-refractivity contribution in [3.05, 3.63) is 68.8 Å². The molecule has 1 spiro atoms. The topological polar surface area (TPSA) is 0 Å². The Bertz CT molecular complexity index is 895. The Kier molecular flexibility index (Phi) is 3.23. The van der Waals surface area contributed by atoms with E-state index in [1.807, 2.05) is 0 Å². The molecule has 2 aliphatic carbocycles. The number of benzene rings is 2. The van der Waals surface area contributed by atoms with Crippen LogP contribution in [-0.4, -0.2) is 0 Å². The molecule has 0 N–H and O–H groups in total. The van der Waals surface area contributed by atoms with Gasteiger partial charge in [0.15, 0.2) is 0 Å². The van der Waals surface area contributed by atoms with E-state index in [-0.39, 0.29) is 16.2 Å². The van der Waals surface area contributed by atoms with Gasteiger partial charge >= 0.3 is 0 Å². The normalized spacial score (nSPS) is 25.3. The Hall–Kier alpha value is -1.56. The van der Waals surface area contributed by atoms with E-state index in [2.05, 4.69) is 79.7 Å². The van der Waals surface area contributed by atoms with Crippen molar-refractivity contribution in [2.75, 3.05) is 0 Å². The molecule has 132 valence electrons. The van der Waals surface area contributed by atoms with E-state index in [0.717, 1.165) is 0 Å². The number of fused-ring (bicyclic) bond motifs is 4. The van der Waals surface area contributed by atoms with Gasteiger partial charge in [0, 0.05) is 5.41 Å². The van der Waals surface area contributed by atoms with Crippen LogP contribution >= 0.6 is 0 Å². The van der Waals surface area contributed by atoms with Crippen LogP contribution in [0.15, 0.2) is 24.3 Å². The van der Waals surface area contributed by atoms with Crippen molar-refractivity contribution in [1.82, 2.24) is 0 Å². The Labute approximate surface area is 153 Å². The summed E-state index contributed by atoms with van der Waals surface area (Å²) in [6.07, 6.45) is 2.47. The summed E-state index contributed by atoms with van der Waals surface area (Å²) < 4.78 is 0. The molecule has 0 nitrogen and oxygen atoms in total. The minimum absolute atomic E-state index is 0.187. The first-order valence-corrected chi connectivity index (χ1v) is 9.73. The van der Waals surface area contributed by atoms with Gasteiger partial charge in [-0.3, -0.25) is 0 Å². The highest BCUT2D eigenvalue weighted by molar-refractivity contribution is 5.64. The fourth-order valence-electron chi connectivity index (χ4n) is 6.33. The Morgan fingerprint density at radius 1 is 0.600 bits per heavy atom. The van der Waals surface area contributed by atoms with E-state index >= 15 is 0 Å². The molecule has 25 heavy (non-hydrogen) atoms. The van der Waals surface area contributed by atoms with E-state index < -0.39 is 0 Å². The summed E-state index contributed by atoms with van der Waals surface area (Å²) in [6.45, 7) is 19.0. The van der Waals surface area contributed by atoms with Crippen LogP contribution in [0.2, 0.25) is 0 Å². The third-order valence-corrected chi connectivity index (χ3v) is 7.14. The molecular weight excluding hydrogens is 300 g/mol. The highest BCUT2D eigenvalue weighted by atomic mass is 14.6. The van der Waals surface area contributed by atoms with Crippen molar-refractivity contribution in [3.8, 4) is 0 Å².